The van der Waals surface area contributed by atoms with Crippen molar-refractivity contribution in [1.29, 1.82) is 0 Å². The number of anilines is 1. The van der Waals surface area contributed by atoms with Gasteiger partial charge in [-0.2, -0.15) is 0 Å². The molecule has 1 N–H and O–H groups in total. The van der Waals surface area contributed by atoms with Gasteiger partial charge in [-0.25, -0.2) is 4.98 Å². The van der Waals surface area contributed by atoms with Crippen molar-refractivity contribution in [2.75, 3.05) is 25.5 Å². The molecule has 1 aromatic heterocycles. The summed E-state index contributed by atoms with van der Waals surface area (Å²) < 4.78 is 0. The SMILES string of the molecule is CN(C)c1cc(C(=O)N2CCCC2C(C)(C)O)ccn1. The first-order chi connectivity index (χ1) is 9.30. The second-order valence-electron chi connectivity index (χ2n) is 6.11. The summed E-state index contributed by atoms with van der Waals surface area (Å²) in [6.07, 6.45) is 3.44. The van der Waals surface area contributed by atoms with Gasteiger partial charge in [-0.05, 0) is 38.8 Å². The molecule has 1 unspecified atom stereocenters. The van der Waals surface area contributed by atoms with E-state index in [0.29, 0.717) is 12.1 Å². The van der Waals surface area contributed by atoms with Gasteiger partial charge in [0.05, 0.1) is 11.6 Å². The molecule has 0 aromatic carbocycles. The molecule has 20 heavy (non-hydrogen) atoms. The Morgan fingerprint density at radius 2 is 2.20 bits per heavy atom. The number of likely N-dealkylation sites (tertiary alicyclic amines) is 1. The first-order valence-corrected chi connectivity index (χ1v) is 6.97. The fourth-order valence-corrected chi connectivity index (χ4v) is 2.71. The number of nitrogens with zero attached hydrogens (tertiary/aromatic N) is 3. The van der Waals surface area contributed by atoms with E-state index in [4.69, 9.17) is 0 Å². The minimum Gasteiger partial charge on any atom is -0.388 e. The Labute approximate surface area is 120 Å². The van der Waals surface area contributed by atoms with Crippen molar-refractivity contribution >= 4 is 11.7 Å². The van der Waals surface area contributed by atoms with E-state index in [1.807, 2.05) is 19.0 Å². The molecule has 0 aliphatic carbocycles. The Hall–Kier alpha value is -1.62. The van der Waals surface area contributed by atoms with Gasteiger partial charge >= 0.3 is 0 Å². The van der Waals surface area contributed by atoms with Gasteiger partial charge in [-0.3, -0.25) is 4.79 Å². The lowest BCUT2D eigenvalue weighted by Crippen LogP contribution is -2.48. The molecule has 0 bridgehead atoms. The van der Waals surface area contributed by atoms with Crippen molar-refractivity contribution in [3.63, 3.8) is 0 Å². The van der Waals surface area contributed by atoms with Crippen LogP contribution in [-0.2, 0) is 0 Å². The van der Waals surface area contributed by atoms with Crippen LogP contribution in [0.5, 0.6) is 0 Å². The highest BCUT2D eigenvalue weighted by molar-refractivity contribution is 5.95. The van der Waals surface area contributed by atoms with E-state index in [9.17, 15) is 9.90 Å². The van der Waals surface area contributed by atoms with E-state index >= 15 is 0 Å². The van der Waals surface area contributed by atoms with Gasteiger partial charge in [-0.1, -0.05) is 0 Å². The van der Waals surface area contributed by atoms with Gasteiger partial charge in [0.15, 0.2) is 0 Å². The fraction of sp³-hybridized carbons (Fsp3) is 0.600. The second kappa shape index (κ2) is 5.40. The Balaban J connectivity index is 2.25. The fourth-order valence-electron chi connectivity index (χ4n) is 2.71. The van der Waals surface area contributed by atoms with Gasteiger partial charge < -0.3 is 14.9 Å². The first kappa shape index (κ1) is 14.8. The maximum absolute atomic E-state index is 12.6. The summed E-state index contributed by atoms with van der Waals surface area (Å²) in [6, 6.07) is 3.41. The lowest BCUT2D eigenvalue weighted by molar-refractivity contribution is 0.000335. The normalized spacial score (nSPS) is 19.2. The van der Waals surface area contributed by atoms with E-state index in [-0.39, 0.29) is 11.9 Å². The van der Waals surface area contributed by atoms with Crippen LogP contribution in [0.25, 0.3) is 0 Å². The molecule has 1 aliphatic heterocycles. The van der Waals surface area contributed by atoms with Crippen molar-refractivity contribution in [2.45, 2.75) is 38.3 Å². The van der Waals surface area contributed by atoms with E-state index in [0.717, 1.165) is 18.7 Å². The topological polar surface area (TPSA) is 56.7 Å². The Bertz CT molecular complexity index is 494. The molecule has 2 rings (SSSR count). The smallest absolute Gasteiger partial charge is 0.254 e. The number of amides is 1. The van der Waals surface area contributed by atoms with Crippen LogP contribution in [0.15, 0.2) is 18.3 Å². The number of hydrogen-bond donors (Lipinski definition) is 1. The molecule has 0 radical (unpaired) electrons. The molecule has 110 valence electrons. The highest BCUT2D eigenvalue weighted by Crippen LogP contribution is 2.28. The number of carbonyl (C=O) groups excluding carboxylic acids is 1. The summed E-state index contributed by atoms with van der Waals surface area (Å²) >= 11 is 0. The predicted octanol–water partition coefficient (Wildman–Crippen LogP) is 1.52. The first-order valence-electron chi connectivity index (χ1n) is 6.97. The average molecular weight is 277 g/mol. The molecule has 0 saturated carbocycles. The van der Waals surface area contributed by atoms with Gasteiger partial charge in [0.25, 0.3) is 5.91 Å². The standard InChI is InChI=1S/C15H23N3O2/c1-15(2,20)12-6-5-9-18(12)14(19)11-7-8-16-13(10-11)17(3)4/h7-8,10,12,20H,5-6,9H2,1-4H3. The largest absolute Gasteiger partial charge is 0.388 e. The summed E-state index contributed by atoms with van der Waals surface area (Å²) in [5, 5.41) is 10.2. The van der Waals surface area contributed by atoms with Crippen LogP contribution in [0.3, 0.4) is 0 Å². The van der Waals surface area contributed by atoms with Gasteiger partial charge in [0.1, 0.15) is 5.82 Å². The van der Waals surface area contributed by atoms with Gasteiger partial charge in [0, 0.05) is 32.4 Å². The maximum atomic E-state index is 12.6. The Morgan fingerprint density at radius 1 is 1.50 bits per heavy atom. The van der Waals surface area contributed by atoms with Crippen LogP contribution >= 0.6 is 0 Å². The van der Waals surface area contributed by atoms with Crippen LogP contribution in [0.1, 0.15) is 37.0 Å². The lowest BCUT2D eigenvalue weighted by Gasteiger charge is -2.34. The molecule has 1 saturated heterocycles. The van der Waals surface area contributed by atoms with E-state index in [1.54, 1.807) is 37.1 Å². The van der Waals surface area contributed by atoms with Crippen molar-refractivity contribution in [3.8, 4) is 0 Å². The van der Waals surface area contributed by atoms with Crippen LogP contribution in [0, 0.1) is 0 Å². The van der Waals surface area contributed by atoms with Crippen LogP contribution < -0.4 is 4.90 Å². The molecule has 1 fully saturated rings. The third-order valence-electron chi connectivity index (χ3n) is 3.78. The molecule has 1 atom stereocenters. The van der Waals surface area contributed by atoms with Crippen LogP contribution in [0.2, 0.25) is 0 Å². The molecule has 1 aliphatic rings. The number of hydrogen-bond acceptors (Lipinski definition) is 4. The zero-order chi connectivity index (χ0) is 14.9. The average Bonchev–Trinajstić information content (AvgIpc) is 2.87. The maximum Gasteiger partial charge on any atom is 0.254 e. The number of aromatic nitrogens is 1. The molecule has 5 nitrogen and oxygen atoms in total. The second-order valence-corrected chi connectivity index (χ2v) is 6.11. The molecular weight excluding hydrogens is 254 g/mol. The number of aliphatic hydroxyl groups is 1. The summed E-state index contributed by atoms with van der Waals surface area (Å²) in [5.74, 6) is 0.731. The molecule has 2 heterocycles. The molecular formula is C15H23N3O2. The minimum absolute atomic E-state index is 0.0277. The van der Waals surface area contributed by atoms with Gasteiger partial charge in [0.2, 0.25) is 0 Å². The number of rotatable bonds is 3. The molecule has 1 amide bonds. The predicted molar refractivity (Wildman–Crippen MR) is 78.9 cm³/mol. The summed E-state index contributed by atoms with van der Waals surface area (Å²) in [4.78, 5) is 20.5. The lowest BCUT2D eigenvalue weighted by atomic mass is 9.96. The number of carbonyl (C=O) groups is 1. The van der Waals surface area contributed by atoms with E-state index in [2.05, 4.69) is 4.98 Å². The highest BCUT2D eigenvalue weighted by Gasteiger charge is 2.38. The summed E-state index contributed by atoms with van der Waals surface area (Å²) in [5.41, 5.74) is -0.247. The summed E-state index contributed by atoms with van der Waals surface area (Å²) in [6.45, 7) is 4.23. The third kappa shape index (κ3) is 2.93. The van der Waals surface area contributed by atoms with Crippen LogP contribution in [-0.4, -0.2) is 53.2 Å². The van der Waals surface area contributed by atoms with E-state index < -0.39 is 5.60 Å². The zero-order valence-electron chi connectivity index (χ0n) is 12.6. The van der Waals surface area contributed by atoms with Gasteiger partial charge in [-0.15, -0.1) is 0 Å². The molecule has 1 aromatic rings. The van der Waals surface area contributed by atoms with Crippen molar-refractivity contribution in [1.82, 2.24) is 9.88 Å². The number of pyridine rings is 1. The third-order valence-corrected chi connectivity index (χ3v) is 3.78. The summed E-state index contributed by atoms with van der Waals surface area (Å²) in [7, 11) is 3.79. The monoisotopic (exact) mass is 277 g/mol. The van der Waals surface area contributed by atoms with Crippen LogP contribution in [0.4, 0.5) is 5.82 Å². The molecule has 5 heteroatoms. The molecule has 0 spiro atoms. The Morgan fingerprint density at radius 3 is 2.80 bits per heavy atom. The zero-order valence-corrected chi connectivity index (χ0v) is 12.6. The highest BCUT2D eigenvalue weighted by atomic mass is 16.3. The van der Waals surface area contributed by atoms with Crippen molar-refractivity contribution in [3.05, 3.63) is 23.9 Å². The van der Waals surface area contributed by atoms with Crippen molar-refractivity contribution < 1.29 is 9.90 Å². The quantitative estimate of drug-likeness (QED) is 0.910. The van der Waals surface area contributed by atoms with E-state index in [1.165, 1.54) is 0 Å². The minimum atomic E-state index is -0.871. The van der Waals surface area contributed by atoms with Crippen molar-refractivity contribution in [2.24, 2.45) is 0 Å². The Kier molecular flexibility index (Phi) is 3.99.